The summed E-state index contributed by atoms with van der Waals surface area (Å²) >= 11 is 0. The Bertz CT molecular complexity index is 1220. The second-order valence-corrected chi connectivity index (χ2v) is 6.84. The number of fused-ring (bicyclic) bond motifs is 2. The third-order valence-electron chi connectivity index (χ3n) is 4.94. The van der Waals surface area contributed by atoms with Crippen molar-refractivity contribution in [3.63, 3.8) is 0 Å². The Morgan fingerprint density at radius 1 is 1.07 bits per heavy atom. The Morgan fingerprint density at radius 2 is 1.93 bits per heavy atom. The molecule has 4 aromatic rings. The minimum Gasteiger partial charge on any atom is -0.326 e. The summed E-state index contributed by atoms with van der Waals surface area (Å²) in [5, 5.41) is 6.91. The van der Waals surface area contributed by atoms with Gasteiger partial charge in [-0.15, -0.1) is 0 Å². The topological polar surface area (TPSA) is 84.7 Å². The van der Waals surface area contributed by atoms with Crippen LogP contribution < -0.4 is 10.6 Å². The van der Waals surface area contributed by atoms with E-state index in [0.717, 1.165) is 47.6 Å². The fourth-order valence-corrected chi connectivity index (χ4v) is 3.46. The van der Waals surface area contributed by atoms with Gasteiger partial charge in [0.2, 0.25) is 0 Å². The smallest absolute Gasteiger partial charge is 0.256 e. The highest BCUT2D eigenvalue weighted by atomic mass is 19.1. The number of nitrogens with one attached hydrogen (secondary N) is 2. The van der Waals surface area contributed by atoms with Crippen molar-refractivity contribution < 1.29 is 9.18 Å². The number of imidazole rings is 1. The molecule has 0 saturated carbocycles. The van der Waals surface area contributed by atoms with E-state index in [4.69, 9.17) is 0 Å². The van der Waals surface area contributed by atoms with Crippen molar-refractivity contribution in [3.05, 3.63) is 72.2 Å². The van der Waals surface area contributed by atoms with Crippen LogP contribution in [0.15, 0.2) is 55.0 Å². The Balaban J connectivity index is 1.46. The summed E-state index contributed by atoms with van der Waals surface area (Å²) in [6.07, 6.45) is 5.30. The van der Waals surface area contributed by atoms with E-state index in [1.54, 1.807) is 12.3 Å². The van der Waals surface area contributed by atoms with Gasteiger partial charge in [-0.25, -0.2) is 14.4 Å². The highest BCUT2D eigenvalue weighted by Crippen LogP contribution is 2.25. The molecule has 0 spiro atoms. The Labute approximate surface area is 165 Å². The summed E-state index contributed by atoms with van der Waals surface area (Å²) in [6, 6.07) is 9.17. The molecule has 7 nitrogen and oxygen atoms in total. The summed E-state index contributed by atoms with van der Waals surface area (Å²) in [7, 11) is 0. The maximum Gasteiger partial charge on any atom is 0.256 e. The van der Waals surface area contributed by atoms with Gasteiger partial charge < -0.3 is 15.2 Å². The van der Waals surface area contributed by atoms with Gasteiger partial charge in [-0.1, -0.05) is 0 Å². The van der Waals surface area contributed by atoms with Gasteiger partial charge in [0.1, 0.15) is 17.5 Å². The van der Waals surface area contributed by atoms with Crippen LogP contribution in [0.1, 0.15) is 16.2 Å². The lowest BCUT2D eigenvalue weighted by Crippen LogP contribution is -2.28. The van der Waals surface area contributed by atoms with Crippen molar-refractivity contribution in [3.8, 4) is 11.3 Å². The van der Waals surface area contributed by atoms with Crippen LogP contribution in [0, 0.1) is 5.82 Å². The van der Waals surface area contributed by atoms with Gasteiger partial charge >= 0.3 is 0 Å². The van der Waals surface area contributed by atoms with Gasteiger partial charge in [0.05, 0.1) is 30.1 Å². The molecular weight excluding hydrogens is 371 g/mol. The number of hydrogen-bond acceptors (Lipinski definition) is 5. The summed E-state index contributed by atoms with van der Waals surface area (Å²) in [4.78, 5) is 25.6. The SMILES string of the molecule is O=C(Nc1cc2cc(-c3cnc4n3CCNC4)cnc2cn1)c1ccc(F)cc1. The predicted molar refractivity (Wildman–Crippen MR) is 107 cm³/mol. The van der Waals surface area contributed by atoms with Gasteiger partial charge in [-0.3, -0.25) is 9.78 Å². The molecule has 0 atom stereocenters. The largest absolute Gasteiger partial charge is 0.326 e. The fourth-order valence-electron chi connectivity index (χ4n) is 3.46. The van der Waals surface area contributed by atoms with Crippen LogP contribution in [0.5, 0.6) is 0 Å². The zero-order chi connectivity index (χ0) is 19.8. The van der Waals surface area contributed by atoms with E-state index in [-0.39, 0.29) is 11.7 Å². The fraction of sp³-hybridized carbons (Fsp3) is 0.143. The van der Waals surface area contributed by atoms with Crippen molar-refractivity contribution >= 4 is 22.6 Å². The van der Waals surface area contributed by atoms with Crippen LogP contribution in [-0.2, 0) is 13.1 Å². The molecule has 29 heavy (non-hydrogen) atoms. The molecular formula is C21H17FN6O. The molecule has 0 radical (unpaired) electrons. The second kappa shape index (κ2) is 7.06. The molecule has 5 rings (SSSR count). The molecule has 0 fully saturated rings. The number of benzene rings is 1. The van der Waals surface area contributed by atoms with E-state index in [2.05, 4.69) is 30.2 Å². The molecule has 1 aromatic carbocycles. The summed E-state index contributed by atoms with van der Waals surface area (Å²) in [5.41, 5.74) is 3.07. The number of carbonyl (C=O) groups excluding carboxylic acids is 1. The average molecular weight is 388 g/mol. The molecule has 4 heterocycles. The summed E-state index contributed by atoms with van der Waals surface area (Å²) in [6.45, 7) is 2.52. The van der Waals surface area contributed by atoms with Gasteiger partial charge in [0, 0.05) is 35.8 Å². The average Bonchev–Trinajstić information content (AvgIpc) is 3.18. The van der Waals surface area contributed by atoms with Gasteiger partial charge in [0.15, 0.2) is 0 Å². The second-order valence-electron chi connectivity index (χ2n) is 6.84. The Morgan fingerprint density at radius 3 is 2.79 bits per heavy atom. The molecule has 0 aliphatic carbocycles. The lowest BCUT2D eigenvalue weighted by Gasteiger charge is -2.17. The third-order valence-corrected chi connectivity index (χ3v) is 4.94. The van der Waals surface area contributed by atoms with Crippen molar-refractivity contribution in [1.29, 1.82) is 0 Å². The summed E-state index contributed by atoms with van der Waals surface area (Å²) in [5.74, 6) is 0.679. The first kappa shape index (κ1) is 17.4. The van der Waals surface area contributed by atoms with Crippen LogP contribution in [0.25, 0.3) is 22.2 Å². The molecule has 8 heteroatoms. The van der Waals surface area contributed by atoms with Crippen molar-refractivity contribution in [2.24, 2.45) is 0 Å². The van der Waals surface area contributed by atoms with Crippen LogP contribution in [0.3, 0.4) is 0 Å². The molecule has 3 aromatic heterocycles. The van der Waals surface area contributed by atoms with Crippen LogP contribution in [0.4, 0.5) is 10.2 Å². The number of hydrogen-bond donors (Lipinski definition) is 2. The standard InChI is InChI=1S/C21H17FN6O/c22-16-3-1-13(2-4-16)21(29)27-19-8-14-7-15(9-24-17(14)10-25-19)18-11-26-20-12-23-5-6-28(18)20/h1-4,7-11,23H,5-6,12H2,(H,25,27,29). The number of nitrogens with zero attached hydrogens (tertiary/aromatic N) is 4. The van der Waals surface area contributed by atoms with Crippen molar-refractivity contribution in [2.75, 3.05) is 11.9 Å². The van der Waals surface area contributed by atoms with Gasteiger partial charge in [-0.2, -0.15) is 0 Å². The number of pyridine rings is 2. The maximum atomic E-state index is 13.1. The highest BCUT2D eigenvalue weighted by molar-refractivity contribution is 6.04. The molecule has 144 valence electrons. The molecule has 0 bridgehead atoms. The van der Waals surface area contributed by atoms with E-state index in [1.807, 2.05) is 18.5 Å². The number of carbonyl (C=O) groups is 1. The van der Waals surface area contributed by atoms with Crippen molar-refractivity contribution in [2.45, 2.75) is 13.1 Å². The van der Waals surface area contributed by atoms with Crippen LogP contribution >= 0.6 is 0 Å². The molecule has 0 saturated heterocycles. The number of halogens is 1. The monoisotopic (exact) mass is 388 g/mol. The Hall–Kier alpha value is -3.65. The molecule has 0 unspecified atom stereocenters. The first-order chi connectivity index (χ1) is 14.2. The Kier molecular flexibility index (Phi) is 4.25. The van der Waals surface area contributed by atoms with E-state index in [1.165, 1.54) is 24.3 Å². The first-order valence-electron chi connectivity index (χ1n) is 9.25. The zero-order valence-corrected chi connectivity index (χ0v) is 15.4. The van der Waals surface area contributed by atoms with E-state index >= 15 is 0 Å². The molecule has 1 aliphatic rings. The van der Waals surface area contributed by atoms with Gasteiger partial charge in [0.25, 0.3) is 5.91 Å². The van der Waals surface area contributed by atoms with E-state index in [9.17, 15) is 9.18 Å². The minimum atomic E-state index is -0.387. The third kappa shape index (κ3) is 3.34. The molecule has 2 N–H and O–H groups in total. The zero-order valence-electron chi connectivity index (χ0n) is 15.4. The number of amides is 1. The van der Waals surface area contributed by atoms with Crippen LogP contribution in [0.2, 0.25) is 0 Å². The quantitative estimate of drug-likeness (QED) is 0.564. The van der Waals surface area contributed by atoms with Gasteiger partial charge in [-0.05, 0) is 36.4 Å². The van der Waals surface area contributed by atoms with E-state index in [0.29, 0.717) is 11.4 Å². The molecule has 1 amide bonds. The minimum absolute atomic E-state index is 0.349. The van der Waals surface area contributed by atoms with E-state index < -0.39 is 0 Å². The highest BCUT2D eigenvalue weighted by Gasteiger charge is 2.15. The normalized spacial score (nSPS) is 13.3. The number of rotatable bonds is 3. The maximum absolute atomic E-state index is 13.1. The molecule has 1 aliphatic heterocycles. The lowest BCUT2D eigenvalue weighted by molar-refractivity contribution is 0.102. The first-order valence-corrected chi connectivity index (χ1v) is 9.25. The lowest BCUT2D eigenvalue weighted by atomic mass is 10.1. The number of aromatic nitrogens is 4. The predicted octanol–water partition coefficient (Wildman–Crippen LogP) is 2.99. The van der Waals surface area contributed by atoms with Crippen molar-refractivity contribution in [1.82, 2.24) is 24.8 Å². The number of anilines is 1. The summed E-state index contributed by atoms with van der Waals surface area (Å²) < 4.78 is 15.2. The van der Waals surface area contributed by atoms with Crippen LogP contribution in [-0.4, -0.2) is 32.0 Å².